The van der Waals surface area contributed by atoms with E-state index in [0.717, 1.165) is 19.6 Å². The predicted octanol–water partition coefficient (Wildman–Crippen LogP) is -1.48. The summed E-state index contributed by atoms with van der Waals surface area (Å²) in [6.07, 6.45) is 3.24. The van der Waals surface area contributed by atoms with Crippen molar-refractivity contribution in [2.24, 2.45) is 0 Å². The van der Waals surface area contributed by atoms with Crippen molar-refractivity contribution in [3.63, 3.8) is 0 Å². The van der Waals surface area contributed by atoms with Crippen molar-refractivity contribution in [2.45, 2.75) is 12.7 Å². The Morgan fingerprint density at radius 1 is 1.33 bits per heavy atom. The Labute approximate surface area is 83.2 Å². The largest absolute Gasteiger partial charge is 1.00 e. The summed E-state index contributed by atoms with van der Waals surface area (Å²) < 4.78 is 15.6. The molecule has 0 aromatic carbocycles. The molecule has 0 unspecified atom stereocenters. The summed E-state index contributed by atoms with van der Waals surface area (Å²) in [6, 6.07) is 3.51. The van der Waals surface area contributed by atoms with E-state index in [1.807, 2.05) is 0 Å². The first kappa shape index (κ1) is 9.88. The molecular weight excluding hydrogens is 151 g/mol. The summed E-state index contributed by atoms with van der Waals surface area (Å²) in [5.41, 5.74) is 0. The van der Waals surface area contributed by atoms with E-state index in [4.69, 9.17) is 13.9 Å². The number of ether oxygens (including phenoxy) is 2. The van der Waals surface area contributed by atoms with Crippen molar-refractivity contribution < 1.29 is 32.8 Å². The van der Waals surface area contributed by atoms with E-state index in [0.29, 0.717) is 5.76 Å². The zero-order valence-electron chi connectivity index (χ0n) is 7.08. The molecule has 0 amide bonds. The molecule has 0 saturated carbocycles. The van der Waals surface area contributed by atoms with E-state index in [2.05, 4.69) is 6.26 Å². The Morgan fingerprint density at radius 2 is 2.08 bits per heavy atom. The Hall–Kier alpha value is -0.203. The van der Waals surface area contributed by atoms with Crippen molar-refractivity contribution in [3.8, 4) is 0 Å². The number of rotatable bonds is 1. The molecule has 1 aliphatic rings. The second-order valence-corrected chi connectivity index (χ2v) is 2.38. The zero-order chi connectivity index (χ0) is 7.52. The summed E-state index contributed by atoms with van der Waals surface area (Å²) in [7, 11) is 0. The average Bonchev–Trinajstić information content (AvgIpc) is 2.58. The molecule has 0 spiro atoms. The van der Waals surface area contributed by atoms with Crippen molar-refractivity contribution in [1.29, 1.82) is 0 Å². The second kappa shape index (κ2) is 4.73. The van der Waals surface area contributed by atoms with Crippen molar-refractivity contribution in [2.75, 3.05) is 13.2 Å². The van der Waals surface area contributed by atoms with Crippen LogP contribution in [0.15, 0.2) is 16.5 Å². The van der Waals surface area contributed by atoms with Crippen LogP contribution < -0.4 is 18.9 Å². The van der Waals surface area contributed by atoms with Gasteiger partial charge in [-0.25, -0.2) is 0 Å². The van der Waals surface area contributed by atoms with Crippen LogP contribution in [-0.4, -0.2) is 13.2 Å². The Bertz CT molecular complexity index is 204. The first-order valence-corrected chi connectivity index (χ1v) is 3.66. The van der Waals surface area contributed by atoms with Crippen LogP contribution in [0.3, 0.4) is 0 Å². The van der Waals surface area contributed by atoms with Crippen LogP contribution >= 0.6 is 0 Å². The van der Waals surface area contributed by atoms with Gasteiger partial charge in [-0.3, -0.25) is 0 Å². The van der Waals surface area contributed by atoms with Gasteiger partial charge in [-0.1, -0.05) is 0 Å². The standard InChI is InChI=1S/C8H9O3.Li/c1-3-7(9-4-1)8-10-5-2-6-11-8;/h1,3,8H,2,5-6H2;/q-1;+1. The van der Waals surface area contributed by atoms with Crippen molar-refractivity contribution >= 4 is 0 Å². The maximum Gasteiger partial charge on any atom is 1.00 e. The molecule has 1 aromatic rings. The van der Waals surface area contributed by atoms with E-state index in [1.165, 1.54) is 0 Å². The summed E-state index contributed by atoms with van der Waals surface area (Å²) in [4.78, 5) is 0. The molecule has 60 valence electrons. The van der Waals surface area contributed by atoms with Gasteiger partial charge in [0.25, 0.3) is 0 Å². The van der Waals surface area contributed by atoms with Gasteiger partial charge in [0.2, 0.25) is 0 Å². The third kappa shape index (κ3) is 2.15. The van der Waals surface area contributed by atoms with Gasteiger partial charge in [-0.2, -0.15) is 6.07 Å². The number of hydrogen-bond donors (Lipinski definition) is 0. The quantitative estimate of drug-likeness (QED) is 0.371. The maximum atomic E-state index is 5.29. The molecule has 1 aliphatic heterocycles. The van der Waals surface area contributed by atoms with Gasteiger partial charge in [0.15, 0.2) is 6.29 Å². The van der Waals surface area contributed by atoms with Crippen molar-refractivity contribution in [1.82, 2.24) is 0 Å². The number of hydrogen-bond acceptors (Lipinski definition) is 3. The second-order valence-electron chi connectivity index (χ2n) is 2.38. The Balaban J connectivity index is 0.000000720. The molecule has 2 rings (SSSR count). The van der Waals surface area contributed by atoms with Gasteiger partial charge in [0.1, 0.15) is 0 Å². The predicted molar refractivity (Wildman–Crippen MR) is 36.8 cm³/mol. The molecule has 0 bridgehead atoms. The minimum Gasteiger partial charge on any atom is -0.591 e. The molecule has 1 saturated heterocycles. The van der Waals surface area contributed by atoms with Crippen molar-refractivity contribution in [3.05, 3.63) is 24.2 Å². The first-order chi connectivity index (χ1) is 5.47. The molecule has 1 fully saturated rings. The minimum atomic E-state index is -0.310. The van der Waals surface area contributed by atoms with E-state index in [1.54, 1.807) is 12.1 Å². The molecule has 12 heavy (non-hydrogen) atoms. The minimum absolute atomic E-state index is 0. The third-order valence-corrected chi connectivity index (χ3v) is 1.55. The molecule has 0 aliphatic carbocycles. The number of furan rings is 1. The van der Waals surface area contributed by atoms with Crippen LogP contribution in [-0.2, 0) is 9.47 Å². The molecule has 1 aromatic heterocycles. The fourth-order valence-electron chi connectivity index (χ4n) is 1.03. The van der Waals surface area contributed by atoms with E-state index >= 15 is 0 Å². The van der Waals surface area contributed by atoms with E-state index in [-0.39, 0.29) is 25.2 Å². The summed E-state index contributed by atoms with van der Waals surface area (Å²) >= 11 is 0. The topological polar surface area (TPSA) is 31.6 Å². The van der Waals surface area contributed by atoms with Crippen LogP contribution in [0.5, 0.6) is 0 Å². The normalized spacial score (nSPS) is 18.7. The zero-order valence-corrected chi connectivity index (χ0v) is 7.08. The van der Waals surface area contributed by atoms with Gasteiger partial charge in [-0.05, 0) is 18.4 Å². The molecule has 3 nitrogen and oxygen atoms in total. The van der Waals surface area contributed by atoms with Gasteiger partial charge in [0, 0.05) is 0 Å². The van der Waals surface area contributed by atoms with Crippen LogP contribution in [0.25, 0.3) is 0 Å². The van der Waals surface area contributed by atoms with Crippen LogP contribution in [0.1, 0.15) is 18.5 Å². The Morgan fingerprint density at radius 3 is 2.67 bits per heavy atom. The van der Waals surface area contributed by atoms with Crippen LogP contribution in [0, 0.1) is 6.26 Å². The fourth-order valence-corrected chi connectivity index (χ4v) is 1.03. The summed E-state index contributed by atoms with van der Waals surface area (Å²) in [5.74, 6) is 0.699. The van der Waals surface area contributed by atoms with E-state index in [9.17, 15) is 0 Å². The first-order valence-electron chi connectivity index (χ1n) is 3.66. The molecule has 2 heterocycles. The summed E-state index contributed by atoms with van der Waals surface area (Å²) in [5, 5.41) is 0. The molecule has 4 heteroatoms. The molecule has 0 atom stereocenters. The maximum absolute atomic E-state index is 5.29. The molecular formula is C8H9LiO3. The third-order valence-electron chi connectivity index (χ3n) is 1.55. The monoisotopic (exact) mass is 160 g/mol. The smallest absolute Gasteiger partial charge is 0.591 e. The van der Waals surface area contributed by atoms with Crippen LogP contribution in [0.4, 0.5) is 0 Å². The van der Waals surface area contributed by atoms with E-state index < -0.39 is 0 Å². The van der Waals surface area contributed by atoms with Crippen LogP contribution in [0.2, 0.25) is 0 Å². The molecule has 0 N–H and O–H groups in total. The fraction of sp³-hybridized carbons (Fsp3) is 0.500. The molecule has 0 radical (unpaired) electrons. The van der Waals surface area contributed by atoms with Gasteiger partial charge < -0.3 is 13.9 Å². The summed E-state index contributed by atoms with van der Waals surface area (Å²) in [6.45, 7) is 1.48. The average molecular weight is 160 g/mol. The van der Waals surface area contributed by atoms with Gasteiger partial charge in [0.05, 0.1) is 13.2 Å². The Kier molecular flexibility index (Phi) is 3.90. The van der Waals surface area contributed by atoms with Gasteiger partial charge >= 0.3 is 18.9 Å². The van der Waals surface area contributed by atoms with Gasteiger partial charge in [-0.15, -0.1) is 6.07 Å². The SMILES string of the molecule is [Li+].[c-]1ccc(C2OCCCO2)o1.